The molecule has 2 amide bonds. The lowest BCUT2D eigenvalue weighted by molar-refractivity contribution is -0.124. The van der Waals surface area contributed by atoms with Crippen LogP contribution in [0.5, 0.6) is 5.75 Å². The lowest BCUT2D eigenvalue weighted by Gasteiger charge is -2.39. The van der Waals surface area contributed by atoms with Gasteiger partial charge in [-0.3, -0.25) is 9.59 Å². The van der Waals surface area contributed by atoms with Crippen molar-refractivity contribution in [1.29, 1.82) is 0 Å². The first-order valence-corrected chi connectivity index (χ1v) is 8.93. The van der Waals surface area contributed by atoms with Crippen molar-refractivity contribution in [3.05, 3.63) is 59.7 Å². The summed E-state index contributed by atoms with van der Waals surface area (Å²) in [7, 11) is 0. The maximum Gasteiger partial charge on any atom is 0.254 e. The molecule has 1 aliphatic rings. The van der Waals surface area contributed by atoms with Gasteiger partial charge in [0.15, 0.2) is 0 Å². The molecule has 1 atom stereocenters. The molecule has 3 rings (SSSR count). The third-order valence-corrected chi connectivity index (χ3v) is 4.75. The van der Waals surface area contributed by atoms with Gasteiger partial charge in [-0.1, -0.05) is 18.2 Å². The first-order chi connectivity index (χ1) is 12.5. The molecule has 0 N–H and O–H groups in total. The molecule has 2 aromatic rings. The molecule has 5 heteroatoms. The van der Waals surface area contributed by atoms with Crippen LogP contribution in [-0.2, 0) is 4.79 Å². The van der Waals surface area contributed by atoms with Crippen LogP contribution in [-0.4, -0.2) is 42.5 Å². The first-order valence-electron chi connectivity index (χ1n) is 8.93. The monoisotopic (exact) mass is 352 g/mol. The molecule has 0 saturated carbocycles. The number of benzene rings is 2. The summed E-state index contributed by atoms with van der Waals surface area (Å²) < 4.78 is 5.45. The van der Waals surface area contributed by atoms with E-state index in [-0.39, 0.29) is 11.8 Å². The number of rotatable bonds is 4. The second kappa shape index (κ2) is 7.60. The first kappa shape index (κ1) is 18.0. The fourth-order valence-corrected chi connectivity index (χ4v) is 3.26. The van der Waals surface area contributed by atoms with E-state index in [1.807, 2.05) is 62.4 Å². The molecule has 5 nitrogen and oxygen atoms in total. The lowest BCUT2D eigenvalue weighted by atomic mass is 10.0. The number of anilines is 1. The SMILES string of the molecule is CCOc1ccc(N2CCN(C(=O)c3ccccc3C)C(C)C2=O)cc1. The highest BCUT2D eigenvalue weighted by atomic mass is 16.5. The van der Waals surface area contributed by atoms with E-state index in [0.717, 1.165) is 17.0 Å². The predicted molar refractivity (Wildman–Crippen MR) is 102 cm³/mol. The van der Waals surface area contributed by atoms with Crippen molar-refractivity contribution in [2.45, 2.75) is 26.8 Å². The van der Waals surface area contributed by atoms with E-state index < -0.39 is 6.04 Å². The summed E-state index contributed by atoms with van der Waals surface area (Å²) in [4.78, 5) is 29.1. The van der Waals surface area contributed by atoms with Crippen molar-refractivity contribution in [1.82, 2.24) is 4.90 Å². The van der Waals surface area contributed by atoms with Crippen LogP contribution in [0.4, 0.5) is 5.69 Å². The summed E-state index contributed by atoms with van der Waals surface area (Å²) in [5.74, 6) is 0.628. The Kier molecular flexibility index (Phi) is 5.26. The minimum absolute atomic E-state index is 0.0673. The Bertz CT molecular complexity index is 801. The number of hydrogen-bond acceptors (Lipinski definition) is 3. The van der Waals surface area contributed by atoms with Crippen molar-refractivity contribution in [3.8, 4) is 5.75 Å². The number of carbonyl (C=O) groups excluding carboxylic acids is 2. The molecule has 136 valence electrons. The summed E-state index contributed by atoms with van der Waals surface area (Å²) in [5, 5.41) is 0. The van der Waals surface area contributed by atoms with Gasteiger partial charge >= 0.3 is 0 Å². The van der Waals surface area contributed by atoms with Gasteiger partial charge in [0.1, 0.15) is 11.8 Å². The summed E-state index contributed by atoms with van der Waals surface area (Å²) in [6.45, 7) is 7.23. The maximum absolute atomic E-state index is 12.9. The summed E-state index contributed by atoms with van der Waals surface area (Å²) in [6, 6.07) is 14.5. The van der Waals surface area contributed by atoms with E-state index in [4.69, 9.17) is 4.74 Å². The molecule has 0 aliphatic carbocycles. The van der Waals surface area contributed by atoms with E-state index in [0.29, 0.717) is 25.3 Å². The number of piperazine rings is 1. The van der Waals surface area contributed by atoms with Crippen LogP contribution in [0, 0.1) is 6.92 Å². The highest BCUT2D eigenvalue weighted by Gasteiger charge is 2.35. The van der Waals surface area contributed by atoms with E-state index >= 15 is 0 Å². The molecule has 1 aliphatic heterocycles. The molecule has 0 bridgehead atoms. The molecule has 0 spiro atoms. The van der Waals surface area contributed by atoms with E-state index in [1.165, 1.54) is 0 Å². The van der Waals surface area contributed by atoms with Crippen molar-refractivity contribution >= 4 is 17.5 Å². The molecule has 1 heterocycles. The van der Waals surface area contributed by atoms with E-state index in [1.54, 1.807) is 16.7 Å². The Morgan fingerprint density at radius 2 is 1.81 bits per heavy atom. The smallest absolute Gasteiger partial charge is 0.254 e. The second-order valence-electron chi connectivity index (χ2n) is 6.41. The summed E-state index contributed by atoms with van der Waals surface area (Å²) in [6.07, 6.45) is 0. The minimum atomic E-state index is -0.498. The third-order valence-electron chi connectivity index (χ3n) is 4.75. The zero-order valence-corrected chi connectivity index (χ0v) is 15.4. The summed E-state index contributed by atoms with van der Waals surface area (Å²) >= 11 is 0. The maximum atomic E-state index is 12.9. The molecule has 26 heavy (non-hydrogen) atoms. The van der Waals surface area contributed by atoms with Crippen molar-refractivity contribution in [2.75, 3.05) is 24.6 Å². The molecule has 1 unspecified atom stereocenters. The highest BCUT2D eigenvalue weighted by Crippen LogP contribution is 2.24. The molecule has 1 fully saturated rings. The molecular formula is C21H24N2O3. The zero-order chi connectivity index (χ0) is 18.7. The quantitative estimate of drug-likeness (QED) is 0.848. The number of aryl methyl sites for hydroxylation is 1. The fourth-order valence-electron chi connectivity index (χ4n) is 3.26. The minimum Gasteiger partial charge on any atom is -0.494 e. The Labute approximate surface area is 154 Å². The van der Waals surface area contributed by atoms with Crippen molar-refractivity contribution in [2.24, 2.45) is 0 Å². The van der Waals surface area contributed by atoms with Gasteiger partial charge in [0, 0.05) is 24.3 Å². The normalized spacial score (nSPS) is 17.3. The van der Waals surface area contributed by atoms with Crippen molar-refractivity contribution in [3.63, 3.8) is 0 Å². The Morgan fingerprint density at radius 1 is 1.12 bits per heavy atom. The van der Waals surface area contributed by atoms with Gasteiger partial charge < -0.3 is 14.5 Å². The number of carbonyl (C=O) groups is 2. The molecule has 0 aromatic heterocycles. The van der Waals surface area contributed by atoms with Crippen LogP contribution in [0.2, 0.25) is 0 Å². The predicted octanol–water partition coefficient (Wildman–Crippen LogP) is 3.27. The van der Waals surface area contributed by atoms with E-state index in [9.17, 15) is 9.59 Å². The molecule has 1 saturated heterocycles. The number of hydrogen-bond donors (Lipinski definition) is 0. The standard InChI is InChI=1S/C21H24N2O3/c1-4-26-18-11-9-17(10-12-18)23-14-13-22(16(3)20(23)24)21(25)19-8-6-5-7-15(19)2/h5-12,16H,4,13-14H2,1-3H3. The number of amides is 2. The van der Waals surface area contributed by atoms with Gasteiger partial charge in [-0.05, 0) is 56.7 Å². The second-order valence-corrected chi connectivity index (χ2v) is 6.41. The zero-order valence-electron chi connectivity index (χ0n) is 15.4. The average Bonchev–Trinajstić information content (AvgIpc) is 2.65. The van der Waals surface area contributed by atoms with Gasteiger partial charge in [0.25, 0.3) is 5.91 Å². The van der Waals surface area contributed by atoms with Crippen LogP contribution in [0.15, 0.2) is 48.5 Å². The fraction of sp³-hybridized carbons (Fsp3) is 0.333. The number of nitrogens with zero attached hydrogens (tertiary/aromatic N) is 2. The lowest BCUT2D eigenvalue weighted by Crippen LogP contribution is -2.57. The molecular weight excluding hydrogens is 328 g/mol. The average molecular weight is 352 g/mol. The van der Waals surface area contributed by atoms with Gasteiger partial charge in [0.2, 0.25) is 5.91 Å². The van der Waals surface area contributed by atoms with Gasteiger partial charge in [-0.25, -0.2) is 0 Å². The van der Waals surface area contributed by atoms with Crippen LogP contribution in [0.25, 0.3) is 0 Å². The van der Waals surface area contributed by atoms with Crippen LogP contribution in [0.3, 0.4) is 0 Å². The van der Waals surface area contributed by atoms with E-state index in [2.05, 4.69) is 0 Å². The summed E-state index contributed by atoms with van der Waals surface area (Å²) in [5.41, 5.74) is 2.40. The van der Waals surface area contributed by atoms with Crippen LogP contribution in [0.1, 0.15) is 29.8 Å². The van der Waals surface area contributed by atoms with Gasteiger partial charge in [-0.15, -0.1) is 0 Å². The van der Waals surface area contributed by atoms with Gasteiger partial charge in [-0.2, -0.15) is 0 Å². The highest BCUT2D eigenvalue weighted by molar-refractivity contribution is 6.03. The molecule has 2 aromatic carbocycles. The Morgan fingerprint density at radius 3 is 2.46 bits per heavy atom. The molecule has 0 radical (unpaired) electrons. The number of ether oxygens (including phenoxy) is 1. The Hall–Kier alpha value is -2.82. The third kappa shape index (κ3) is 3.43. The largest absolute Gasteiger partial charge is 0.494 e. The topological polar surface area (TPSA) is 49.9 Å². The van der Waals surface area contributed by atoms with Crippen LogP contribution < -0.4 is 9.64 Å². The Balaban J connectivity index is 1.76. The van der Waals surface area contributed by atoms with Crippen LogP contribution >= 0.6 is 0 Å². The van der Waals surface area contributed by atoms with Crippen molar-refractivity contribution < 1.29 is 14.3 Å². The van der Waals surface area contributed by atoms with Gasteiger partial charge in [0.05, 0.1) is 6.61 Å².